The molecule has 0 aliphatic rings. The van der Waals surface area contributed by atoms with Crippen LogP contribution in [-0.2, 0) is 11.0 Å². The largest absolute Gasteiger partial charge is 0.436 e. The minimum absolute atomic E-state index is 0.00427. The summed E-state index contributed by atoms with van der Waals surface area (Å²) in [5.74, 6) is -0.704. The Labute approximate surface area is 146 Å². The number of carbonyl (C=O) groups is 1. The fraction of sp³-hybridized carbons (Fsp3) is 0.400. The van der Waals surface area contributed by atoms with Crippen LogP contribution in [0.5, 0.6) is 0 Å². The van der Waals surface area contributed by atoms with E-state index in [9.17, 15) is 22.8 Å². The second-order valence-corrected chi connectivity index (χ2v) is 6.07. The van der Waals surface area contributed by atoms with Gasteiger partial charge in [0, 0.05) is 11.8 Å². The number of nitrogens with zero attached hydrogens (tertiary/aromatic N) is 3. The number of halogens is 4. The van der Waals surface area contributed by atoms with Gasteiger partial charge in [-0.1, -0.05) is 11.6 Å². The van der Waals surface area contributed by atoms with Crippen LogP contribution in [0.15, 0.2) is 16.9 Å². The Kier molecular flexibility index (Phi) is 4.99. The number of pyridine rings is 1. The lowest BCUT2D eigenvalue weighted by Crippen LogP contribution is -2.38. The summed E-state index contributed by atoms with van der Waals surface area (Å²) in [4.78, 5) is 24.3. The van der Waals surface area contributed by atoms with E-state index in [2.05, 4.69) is 10.5 Å². The number of amides is 1. The van der Waals surface area contributed by atoms with Crippen molar-refractivity contribution in [2.45, 2.75) is 39.9 Å². The SMILES string of the molecule is Cc1cc(C)n(NC(=O)[C@H](C)n2nc(C(F)(F)F)c(Cl)c2C)c(=O)c1. The molecule has 0 saturated carbocycles. The van der Waals surface area contributed by atoms with Gasteiger partial charge in [0.05, 0.1) is 10.7 Å². The average molecular weight is 377 g/mol. The minimum atomic E-state index is -4.73. The lowest BCUT2D eigenvalue weighted by Gasteiger charge is -2.17. The van der Waals surface area contributed by atoms with Crippen molar-refractivity contribution in [2.24, 2.45) is 0 Å². The Morgan fingerprint density at radius 3 is 2.36 bits per heavy atom. The maximum Gasteiger partial charge on any atom is 0.436 e. The fourth-order valence-corrected chi connectivity index (χ4v) is 2.62. The molecule has 25 heavy (non-hydrogen) atoms. The van der Waals surface area contributed by atoms with E-state index in [1.165, 1.54) is 19.9 Å². The highest BCUT2D eigenvalue weighted by molar-refractivity contribution is 6.32. The molecule has 1 atom stereocenters. The van der Waals surface area contributed by atoms with E-state index in [-0.39, 0.29) is 5.69 Å². The van der Waals surface area contributed by atoms with Crippen molar-refractivity contribution >= 4 is 17.5 Å². The van der Waals surface area contributed by atoms with Crippen LogP contribution < -0.4 is 11.0 Å². The quantitative estimate of drug-likeness (QED) is 0.895. The molecule has 0 bridgehead atoms. The van der Waals surface area contributed by atoms with E-state index in [1.807, 2.05) is 0 Å². The zero-order chi connectivity index (χ0) is 19.1. The van der Waals surface area contributed by atoms with E-state index in [0.717, 1.165) is 14.9 Å². The highest BCUT2D eigenvalue weighted by Gasteiger charge is 2.39. The molecule has 0 saturated heterocycles. The maximum atomic E-state index is 12.9. The van der Waals surface area contributed by atoms with E-state index in [0.29, 0.717) is 5.69 Å². The second-order valence-electron chi connectivity index (χ2n) is 5.69. The molecule has 2 rings (SSSR count). The van der Waals surface area contributed by atoms with Crippen LogP contribution in [0.2, 0.25) is 5.02 Å². The molecule has 1 N–H and O–H groups in total. The first-order valence-electron chi connectivity index (χ1n) is 7.26. The third kappa shape index (κ3) is 3.71. The zero-order valence-electron chi connectivity index (χ0n) is 13.9. The van der Waals surface area contributed by atoms with Crippen molar-refractivity contribution < 1.29 is 18.0 Å². The van der Waals surface area contributed by atoms with Gasteiger partial charge in [-0.05, 0) is 39.3 Å². The molecule has 0 unspecified atom stereocenters. The van der Waals surface area contributed by atoms with Crippen LogP contribution in [0.1, 0.15) is 35.6 Å². The Bertz CT molecular complexity index is 886. The monoisotopic (exact) mass is 376 g/mol. The smallest absolute Gasteiger partial charge is 0.271 e. The molecule has 0 aromatic carbocycles. The molecule has 6 nitrogen and oxygen atoms in total. The first-order valence-corrected chi connectivity index (χ1v) is 7.64. The van der Waals surface area contributed by atoms with Crippen molar-refractivity contribution in [1.29, 1.82) is 0 Å². The first-order chi connectivity index (χ1) is 11.4. The Balaban J connectivity index is 2.35. The third-order valence-electron chi connectivity index (χ3n) is 3.67. The minimum Gasteiger partial charge on any atom is -0.271 e. The van der Waals surface area contributed by atoms with Crippen molar-refractivity contribution in [2.75, 3.05) is 5.43 Å². The van der Waals surface area contributed by atoms with Gasteiger partial charge in [-0.15, -0.1) is 0 Å². The highest BCUT2D eigenvalue weighted by atomic mass is 35.5. The Morgan fingerprint density at radius 1 is 1.28 bits per heavy atom. The van der Waals surface area contributed by atoms with Crippen LogP contribution in [-0.4, -0.2) is 20.4 Å². The van der Waals surface area contributed by atoms with Gasteiger partial charge in [0.1, 0.15) is 6.04 Å². The van der Waals surface area contributed by atoms with Crippen molar-refractivity contribution in [3.63, 3.8) is 0 Å². The van der Waals surface area contributed by atoms with Crippen LogP contribution in [0, 0.1) is 20.8 Å². The molecule has 1 amide bonds. The van der Waals surface area contributed by atoms with Gasteiger partial charge in [-0.3, -0.25) is 19.7 Å². The Hall–Kier alpha value is -2.29. The molecule has 10 heteroatoms. The molecular weight excluding hydrogens is 361 g/mol. The van der Waals surface area contributed by atoms with Crippen LogP contribution in [0.25, 0.3) is 0 Å². The van der Waals surface area contributed by atoms with Gasteiger partial charge in [0.15, 0.2) is 5.69 Å². The highest BCUT2D eigenvalue weighted by Crippen LogP contribution is 2.36. The maximum absolute atomic E-state index is 12.9. The molecule has 0 radical (unpaired) electrons. The number of hydrogen-bond donors (Lipinski definition) is 1. The van der Waals surface area contributed by atoms with Crippen LogP contribution >= 0.6 is 11.6 Å². The summed E-state index contributed by atoms with van der Waals surface area (Å²) in [6.45, 7) is 6.05. The molecule has 0 aliphatic carbocycles. The van der Waals surface area contributed by atoms with E-state index in [1.54, 1.807) is 19.9 Å². The van der Waals surface area contributed by atoms with Gasteiger partial charge in [0.25, 0.3) is 11.5 Å². The summed E-state index contributed by atoms with van der Waals surface area (Å²) in [5, 5.41) is 2.85. The summed E-state index contributed by atoms with van der Waals surface area (Å²) < 4.78 is 40.6. The number of carbonyl (C=O) groups excluding carboxylic acids is 1. The second kappa shape index (κ2) is 6.55. The number of rotatable bonds is 3. The van der Waals surface area contributed by atoms with Crippen molar-refractivity contribution in [1.82, 2.24) is 14.5 Å². The molecular formula is C15H16ClF3N4O2. The molecule has 2 aromatic heterocycles. The molecule has 0 aliphatic heterocycles. The van der Waals surface area contributed by atoms with Gasteiger partial charge >= 0.3 is 6.18 Å². The lowest BCUT2D eigenvalue weighted by atomic mass is 10.2. The normalized spacial score (nSPS) is 13.0. The van der Waals surface area contributed by atoms with E-state index < -0.39 is 34.4 Å². The number of nitrogens with one attached hydrogen (secondary N) is 1. The summed E-state index contributed by atoms with van der Waals surface area (Å²) in [6, 6.07) is 1.90. The van der Waals surface area contributed by atoms with E-state index >= 15 is 0 Å². The molecule has 0 fully saturated rings. The molecule has 136 valence electrons. The van der Waals surface area contributed by atoms with Gasteiger partial charge in [-0.2, -0.15) is 18.3 Å². The molecule has 2 heterocycles. The number of hydrogen-bond acceptors (Lipinski definition) is 3. The predicted octanol–water partition coefficient (Wildman–Crippen LogP) is 2.97. The van der Waals surface area contributed by atoms with Crippen LogP contribution in [0.3, 0.4) is 0 Å². The first kappa shape index (κ1) is 19.0. The average Bonchev–Trinajstić information content (AvgIpc) is 2.78. The number of alkyl halides is 3. The lowest BCUT2D eigenvalue weighted by molar-refractivity contribution is -0.141. The number of aryl methyl sites for hydroxylation is 2. The molecule has 0 spiro atoms. The van der Waals surface area contributed by atoms with Crippen molar-refractivity contribution in [3.8, 4) is 0 Å². The van der Waals surface area contributed by atoms with E-state index in [4.69, 9.17) is 11.6 Å². The van der Waals surface area contributed by atoms with Crippen LogP contribution in [0.4, 0.5) is 13.2 Å². The summed E-state index contributed by atoms with van der Waals surface area (Å²) >= 11 is 5.69. The number of aromatic nitrogens is 3. The standard InChI is InChI=1S/C15H16ClF3N4O2/c1-7-5-8(2)22(11(24)6-7)21-14(25)10(4)23-9(3)12(16)13(20-23)15(17,18)19/h5-6,10H,1-4H3,(H,21,25)/t10-/m0/s1. The van der Waals surface area contributed by atoms with Gasteiger partial charge in [-0.25, -0.2) is 4.68 Å². The summed E-state index contributed by atoms with van der Waals surface area (Å²) in [5.41, 5.74) is 1.88. The molecule has 2 aromatic rings. The summed E-state index contributed by atoms with van der Waals surface area (Å²) in [7, 11) is 0. The fourth-order valence-electron chi connectivity index (χ4n) is 2.38. The third-order valence-corrected chi connectivity index (χ3v) is 4.13. The predicted molar refractivity (Wildman–Crippen MR) is 86.2 cm³/mol. The topological polar surface area (TPSA) is 68.9 Å². The van der Waals surface area contributed by atoms with Gasteiger partial charge in [0.2, 0.25) is 0 Å². The zero-order valence-corrected chi connectivity index (χ0v) is 14.7. The summed E-state index contributed by atoms with van der Waals surface area (Å²) in [6.07, 6.45) is -4.73. The van der Waals surface area contributed by atoms with Crippen molar-refractivity contribution in [3.05, 3.63) is 50.2 Å². The van der Waals surface area contributed by atoms with Gasteiger partial charge < -0.3 is 0 Å². The Morgan fingerprint density at radius 2 is 1.88 bits per heavy atom.